The van der Waals surface area contributed by atoms with Gasteiger partial charge in [-0.15, -0.1) is 0 Å². The van der Waals surface area contributed by atoms with Crippen LogP contribution in [0.2, 0.25) is 0 Å². The highest BCUT2D eigenvalue weighted by atomic mass is 32.2. The molecule has 1 N–H and O–H groups in total. The smallest absolute Gasteiger partial charge is 0.229 e. The van der Waals surface area contributed by atoms with Crippen LogP contribution in [0.25, 0.3) is 0 Å². The van der Waals surface area contributed by atoms with Gasteiger partial charge in [0, 0.05) is 13.1 Å². The zero-order chi connectivity index (χ0) is 17.9. The number of hydrogen-bond donors (Lipinski definition) is 1. The molecule has 25 heavy (non-hydrogen) atoms. The minimum atomic E-state index is -2.92. The number of aromatic nitrogens is 1. The molecule has 1 aliphatic rings. The Labute approximate surface area is 147 Å². The molecule has 1 fully saturated rings. The third-order valence-electron chi connectivity index (χ3n) is 4.39. The molecule has 1 unspecified atom stereocenters. The van der Waals surface area contributed by atoms with Crippen LogP contribution in [-0.2, 0) is 21.1 Å². The molecule has 1 aromatic carbocycles. The molecule has 132 valence electrons. The summed E-state index contributed by atoms with van der Waals surface area (Å²) in [7, 11) is -1.05. The summed E-state index contributed by atoms with van der Waals surface area (Å²) in [6.07, 6.45) is 2.58. The molecule has 6 nitrogen and oxygen atoms in total. The van der Waals surface area contributed by atoms with E-state index < -0.39 is 9.84 Å². The number of nitrogens with one attached hydrogen (secondary N) is 1. The predicted octanol–water partition coefficient (Wildman–Crippen LogP) is 1.89. The van der Waals surface area contributed by atoms with Gasteiger partial charge in [-0.1, -0.05) is 30.3 Å². The molecule has 1 aromatic heterocycles. The van der Waals surface area contributed by atoms with Crippen molar-refractivity contribution in [2.24, 2.45) is 0 Å². The van der Waals surface area contributed by atoms with Crippen LogP contribution in [0.4, 0.5) is 11.5 Å². The molecular formula is C18H21N3O3S. The van der Waals surface area contributed by atoms with Crippen molar-refractivity contribution in [3.05, 3.63) is 54.2 Å². The number of amides is 1. The molecule has 2 aromatic rings. The first-order chi connectivity index (χ1) is 11.9. The summed E-state index contributed by atoms with van der Waals surface area (Å²) in [5, 5.41) is 2.77. The molecule has 1 saturated heterocycles. The lowest BCUT2D eigenvalue weighted by molar-refractivity contribution is -0.115. The van der Waals surface area contributed by atoms with Crippen LogP contribution in [0.5, 0.6) is 0 Å². The summed E-state index contributed by atoms with van der Waals surface area (Å²) < 4.78 is 23.2. The maximum atomic E-state index is 12.1. The molecule has 0 radical (unpaired) electrons. The Morgan fingerprint density at radius 2 is 2.00 bits per heavy atom. The highest BCUT2D eigenvalue weighted by molar-refractivity contribution is 7.91. The molecule has 0 aliphatic carbocycles. The number of carbonyl (C=O) groups excluding carboxylic acids is 1. The lowest BCUT2D eigenvalue weighted by Crippen LogP contribution is -2.32. The molecule has 1 amide bonds. The van der Waals surface area contributed by atoms with Gasteiger partial charge in [0.1, 0.15) is 5.82 Å². The fourth-order valence-corrected chi connectivity index (χ4v) is 4.70. The topological polar surface area (TPSA) is 79.4 Å². The average molecular weight is 359 g/mol. The minimum absolute atomic E-state index is 0.0229. The molecule has 1 aliphatic heterocycles. The number of anilines is 2. The van der Waals surface area contributed by atoms with E-state index in [2.05, 4.69) is 10.3 Å². The van der Waals surface area contributed by atoms with Crippen molar-refractivity contribution >= 4 is 27.2 Å². The number of hydrogen-bond acceptors (Lipinski definition) is 5. The molecule has 0 saturated carbocycles. The van der Waals surface area contributed by atoms with Crippen molar-refractivity contribution in [1.29, 1.82) is 0 Å². The SMILES string of the molecule is CN(c1ccc(NC(=O)Cc2ccccc2)nc1)C1CCS(=O)(=O)C1. The maximum absolute atomic E-state index is 12.1. The normalized spacial score (nSPS) is 18.7. The Morgan fingerprint density at radius 3 is 2.60 bits per heavy atom. The average Bonchev–Trinajstić information content (AvgIpc) is 2.96. The fourth-order valence-electron chi connectivity index (χ4n) is 2.93. The maximum Gasteiger partial charge on any atom is 0.229 e. The van der Waals surface area contributed by atoms with Gasteiger partial charge in [-0.05, 0) is 24.1 Å². The highest BCUT2D eigenvalue weighted by Crippen LogP contribution is 2.23. The van der Waals surface area contributed by atoms with Gasteiger partial charge in [0.2, 0.25) is 5.91 Å². The Morgan fingerprint density at radius 1 is 1.24 bits per heavy atom. The zero-order valence-corrected chi connectivity index (χ0v) is 14.9. The van der Waals surface area contributed by atoms with E-state index in [1.165, 1.54) is 0 Å². The monoisotopic (exact) mass is 359 g/mol. The standard InChI is InChI=1S/C18H21N3O3S/c1-21(16-9-10-25(23,24)13-16)15-7-8-17(19-12-15)20-18(22)11-14-5-3-2-4-6-14/h2-8,12,16H,9-11,13H2,1H3,(H,19,20,22). The highest BCUT2D eigenvalue weighted by Gasteiger charge is 2.30. The van der Waals surface area contributed by atoms with Gasteiger partial charge in [-0.25, -0.2) is 13.4 Å². The third-order valence-corrected chi connectivity index (χ3v) is 6.14. The van der Waals surface area contributed by atoms with Gasteiger partial charge in [-0.2, -0.15) is 0 Å². The molecule has 0 bridgehead atoms. The summed E-state index contributed by atoms with van der Waals surface area (Å²) in [4.78, 5) is 18.3. The van der Waals surface area contributed by atoms with Crippen molar-refractivity contribution < 1.29 is 13.2 Å². The molecule has 0 spiro atoms. The number of benzene rings is 1. The minimum Gasteiger partial charge on any atom is -0.369 e. The third kappa shape index (κ3) is 4.57. The summed E-state index contributed by atoms with van der Waals surface area (Å²) in [6, 6.07) is 13.1. The quantitative estimate of drug-likeness (QED) is 0.882. The second-order valence-electron chi connectivity index (χ2n) is 6.28. The summed E-state index contributed by atoms with van der Waals surface area (Å²) in [6.45, 7) is 0. The van der Waals surface area contributed by atoms with E-state index in [-0.39, 0.29) is 23.5 Å². The van der Waals surface area contributed by atoms with Crippen molar-refractivity contribution in [2.45, 2.75) is 18.9 Å². The number of carbonyl (C=O) groups is 1. The second kappa shape index (κ2) is 7.23. The lowest BCUT2D eigenvalue weighted by atomic mass is 10.1. The van der Waals surface area contributed by atoms with Crippen LogP contribution < -0.4 is 10.2 Å². The fraction of sp³-hybridized carbons (Fsp3) is 0.333. The van der Waals surface area contributed by atoms with Gasteiger partial charge in [-0.3, -0.25) is 4.79 Å². The molecule has 2 heterocycles. The Hall–Kier alpha value is -2.41. The largest absolute Gasteiger partial charge is 0.369 e. The van der Waals surface area contributed by atoms with Crippen LogP contribution in [-0.4, -0.2) is 43.9 Å². The van der Waals surface area contributed by atoms with Crippen molar-refractivity contribution in [3.63, 3.8) is 0 Å². The summed E-state index contributed by atoms with van der Waals surface area (Å²) >= 11 is 0. The lowest BCUT2D eigenvalue weighted by Gasteiger charge is -2.25. The van der Waals surface area contributed by atoms with Gasteiger partial charge < -0.3 is 10.2 Å². The molecule has 3 rings (SSSR count). The van der Waals surface area contributed by atoms with Gasteiger partial charge >= 0.3 is 0 Å². The van der Waals surface area contributed by atoms with Crippen LogP contribution in [0.1, 0.15) is 12.0 Å². The van der Waals surface area contributed by atoms with E-state index in [0.717, 1.165) is 11.3 Å². The Balaban J connectivity index is 1.59. The first-order valence-corrected chi connectivity index (χ1v) is 9.98. The predicted molar refractivity (Wildman–Crippen MR) is 98.5 cm³/mol. The van der Waals surface area contributed by atoms with Crippen LogP contribution >= 0.6 is 0 Å². The molecular weight excluding hydrogens is 338 g/mol. The number of nitrogens with zero attached hydrogens (tertiary/aromatic N) is 2. The zero-order valence-electron chi connectivity index (χ0n) is 14.1. The van der Waals surface area contributed by atoms with E-state index in [0.29, 0.717) is 18.7 Å². The summed E-state index contributed by atoms with van der Waals surface area (Å²) in [5.41, 5.74) is 1.78. The number of pyridine rings is 1. The van der Waals surface area contributed by atoms with Crippen molar-refractivity contribution in [2.75, 3.05) is 28.8 Å². The van der Waals surface area contributed by atoms with E-state index >= 15 is 0 Å². The van der Waals surface area contributed by atoms with Gasteiger partial charge in [0.25, 0.3) is 0 Å². The summed E-state index contributed by atoms with van der Waals surface area (Å²) in [5.74, 6) is 0.779. The van der Waals surface area contributed by atoms with Gasteiger partial charge in [0.15, 0.2) is 9.84 Å². The van der Waals surface area contributed by atoms with Crippen LogP contribution in [0.15, 0.2) is 48.7 Å². The first kappa shape index (κ1) is 17.4. The van der Waals surface area contributed by atoms with Crippen molar-refractivity contribution in [1.82, 2.24) is 4.98 Å². The molecule has 7 heteroatoms. The van der Waals surface area contributed by atoms with E-state index in [9.17, 15) is 13.2 Å². The van der Waals surface area contributed by atoms with E-state index in [1.54, 1.807) is 12.3 Å². The van der Waals surface area contributed by atoms with Crippen LogP contribution in [0, 0.1) is 0 Å². The van der Waals surface area contributed by atoms with E-state index in [1.807, 2.05) is 48.3 Å². The van der Waals surface area contributed by atoms with E-state index in [4.69, 9.17) is 0 Å². The second-order valence-corrected chi connectivity index (χ2v) is 8.51. The molecule has 1 atom stereocenters. The van der Waals surface area contributed by atoms with Crippen molar-refractivity contribution in [3.8, 4) is 0 Å². The van der Waals surface area contributed by atoms with Crippen LogP contribution in [0.3, 0.4) is 0 Å². The Kier molecular flexibility index (Phi) is 5.03. The first-order valence-electron chi connectivity index (χ1n) is 8.16. The van der Waals surface area contributed by atoms with Gasteiger partial charge in [0.05, 0.1) is 29.8 Å². The number of sulfone groups is 1. The number of rotatable bonds is 5. The Bertz CT molecular complexity index is 836.